The molecule has 98 valence electrons. The van der Waals surface area contributed by atoms with E-state index in [0.717, 1.165) is 12.1 Å². The highest BCUT2D eigenvalue weighted by atomic mass is 19.4. The maximum Gasteiger partial charge on any atom is 0.416 e. The zero-order valence-electron chi connectivity index (χ0n) is 10.2. The summed E-state index contributed by atoms with van der Waals surface area (Å²) in [7, 11) is 0. The van der Waals surface area contributed by atoms with Gasteiger partial charge < -0.3 is 4.90 Å². The smallest absolute Gasteiger partial charge is 0.355 e. The highest BCUT2D eigenvalue weighted by Gasteiger charge is 2.31. The largest absolute Gasteiger partial charge is 0.416 e. The van der Waals surface area contributed by atoms with Gasteiger partial charge in [-0.05, 0) is 32.0 Å². The van der Waals surface area contributed by atoms with E-state index in [0.29, 0.717) is 29.8 Å². The van der Waals surface area contributed by atoms with E-state index in [1.54, 1.807) is 0 Å². The molecule has 0 spiro atoms. The van der Waals surface area contributed by atoms with Crippen molar-refractivity contribution in [1.82, 2.24) is 10.2 Å². The number of nitrogens with one attached hydrogen (secondary N) is 1. The summed E-state index contributed by atoms with van der Waals surface area (Å²) in [5, 5.41) is 7.36. The second-order valence-corrected chi connectivity index (χ2v) is 3.98. The van der Waals surface area contributed by atoms with Crippen LogP contribution in [0.5, 0.6) is 0 Å². The molecule has 0 aliphatic heterocycles. The van der Waals surface area contributed by atoms with Crippen molar-refractivity contribution in [2.24, 2.45) is 0 Å². The first-order chi connectivity index (χ1) is 8.47. The van der Waals surface area contributed by atoms with E-state index < -0.39 is 11.7 Å². The lowest BCUT2D eigenvalue weighted by Gasteiger charge is -2.18. The second-order valence-electron chi connectivity index (χ2n) is 3.98. The molecule has 1 aromatic heterocycles. The lowest BCUT2D eigenvalue weighted by Crippen LogP contribution is -2.22. The first-order valence-electron chi connectivity index (χ1n) is 5.77. The molecule has 6 heteroatoms. The molecule has 1 aromatic carbocycles. The van der Waals surface area contributed by atoms with Crippen molar-refractivity contribution in [3.8, 4) is 0 Å². The minimum atomic E-state index is -4.33. The fraction of sp³-hybridized carbons (Fsp3) is 0.417. The van der Waals surface area contributed by atoms with Crippen LogP contribution in [-0.4, -0.2) is 23.3 Å². The predicted molar refractivity (Wildman–Crippen MR) is 64.7 cm³/mol. The van der Waals surface area contributed by atoms with Gasteiger partial charge in [0, 0.05) is 18.5 Å². The van der Waals surface area contributed by atoms with Gasteiger partial charge in [0.25, 0.3) is 0 Å². The molecule has 0 bridgehead atoms. The number of H-pyrrole nitrogens is 1. The maximum atomic E-state index is 12.7. The molecule has 1 N–H and O–H groups in total. The average Bonchev–Trinajstić information content (AvgIpc) is 2.73. The van der Waals surface area contributed by atoms with Crippen LogP contribution >= 0.6 is 0 Å². The Morgan fingerprint density at radius 3 is 2.44 bits per heavy atom. The Morgan fingerprint density at radius 2 is 1.89 bits per heavy atom. The van der Waals surface area contributed by atoms with Crippen molar-refractivity contribution < 1.29 is 13.2 Å². The summed E-state index contributed by atoms with van der Waals surface area (Å²) < 4.78 is 38.0. The van der Waals surface area contributed by atoms with E-state index in [1.165, 1.54) is 6.07 Å². The molecule has 2 aromatic rings. The van der Waals surface area contributed by atoms with Gasteiger partial charge in [-0.3, -0.25) is 5.10 Å². The van der Waals surface area contributed by atoms with Gasteiger partial charge in [0.2, 0.25) is 0 Å². The molecule has 0 unspecified atom stereocenters. The Kier molecular flexibility index (Phi) is 3.19. The zero-order valence-corrected chi connectivity index (χ0v) is 10.2. The third kappa shape index (κ3) is 2.14. The van der Waals surface area contributed by atoms with Crippen molar-refractivity contribution in [2.75, 3.05) is 18.0 Å². The van der Waals surface area contributed by atoms with Crippen molar-refractivity contribution in [1.29, 1.82) is 0 Å². The Hall–Kier alpha value is -1.72. The summed E-state index contributed by atoms with van der Waals surface area (Å²) >= 11 is 0. The quantitative estimate of drug-likeness (QED) is 0.913. The van der Waals surface area contributed by atoms with Crippen LogP contribution in [0.25, 0.3) is 10.9 Å². The van der Waals surface area contributed by atoms with Crippen LogP contribution in [-0.2, 0) is 6.18 Å². The van der Waals surface area contributed by atoms with Crippen LogP contribution in [0.1, 0.15) is 19.4 Å². The molecule has 0 aliphatic carbocycles. The summed E-state index contributed by atoms with van der Waals surface area (Å²) in [5.74, 6) is 0.570. The number of alkyl halides is 3. The number of nitrogens with zero attached hydrogens (tertiary/aromatic N) is 2. The van der Waals surface area contributed by atoms with Gasteiger partial charge in [-0.2, -0.15) is 18.3 Å². The third-order valence-electron chi connectivity index (χ3n) is 2.93. The van der Waals surface area contributed by atoms with Gasteiger partial charge in [-0.15, -0.1) is 0 Å². The van der Waals surface area contributed by atoms with Crippen molar-refractivity contribution in [3.63, 3.8) is 0 Å². The molecule has 3 nitrogen and oxygen atoms in total. The number of aromatic amines is 1. The van der Waals surface area contributed by atoms with Crippen LogP contribution in [0.15, 0.2) is 18.2 Å². The van der Waals surface area contributed by atoms with Crippen LogP contribution in [0.2, 0.25) is 0 Å². The molecule has 0 radical (unpaired) electrons. The number of aromatic nitrogens is 2. The number of hydrogen-bond donors (Lipinski definition) is 1. The molecule has 0 aliphatic rings. The second kappa shape index (κ2) is 4.51. The monoisotopic (exact) mass is 257 g/mol. The highest BCUT2D eigenvalue weighted by molar-refractivity contribution is 5.90. The number of halogens is 3. The summed E-state index contributed by atoms with van der Waals surface area (Å²) in [6, 6.07) is 3.62. The zero-order chi connectivity index (χ0) is 13.3. The minimum Gasteiger partial charge on any atom is -0.355 e. The fourth-order valence-corrected chi connectivity index (χ4v) is 1.94. The van der Waals surface area contributed by atoms with E-state index in [9.17, 15) is 13.2 Å². The summed E-state index contributed by atoms with van der Waals surface area (Å²) in [4.78, 5) is 1.92. The first-order valence-corrected chi connectivity index (χ1v) is 5.77. The van der Waals surface area contributed by atoms with Crippen molar-refractivity contribution in [3.05, 3.63) is 23.8 Å². The highest BCUT2D eigenvalue weighted by Crippen LogP contribution is 2.33. The van der Waals surface area contributed by atoms with Gasteiger partial charge in [-0.25, -0.2) is 0 Å². The molecule has 0 saturated heterocycles. The number of anilines is 1. The standard InChI is InChI=1S/C12H14F3N3/c1-3-18(4-2)11-9-7-8(12(13,14)15)5-6-10(9)16-17-11/h5-7H,3-4H2,1-2H3,(H,16,17). The van der Waals surface area contributed by atoms with E-state index in [1.807, 2.05) is 18.7 Å². The third-order valence-corrected chi connectivity index (χ3v) is 2.93. The van der Waals surface area contributed by atoms with E-state index in [-0.39, 0.29) is 0 Å². The molecule has 1 heterocycles. The molecular formula is C12H14F3N3. The van der Waals surface area contributed by atoms with Crippen LogP contribution in [0.4, 0.5) is 19.0 Å². The Labute approximate surface area is 103 Å². The van der Waals surface area contributed by atoms with E-state index in [4.69, 9.17) is 0 Å². The van der Waals surface area contributed by atoms with E-state index in [2.05, 4.69) is 10.2 Å². The molecular weight excluding hydrogens is 243 g/mol. The number of benzene rings is 1. The predicted octanol–water partition coefficient (Wildman–Crippen LogP) is 3.43. The summed E-state index contributed by atoms with van der Waals surface area (Å²) in [6.45, 7) is 5.29. The van der Waals surface area contributed by atoms with Gasteiger partial charge in [0.1, 0.15) is 0 Å². The normalized spacial score (nSPS) is 12.1. The molecule has 18 heavy (non-hydrogen) atoms. The lowest BCUT2D eigenvalue weighted by atomic mass is 10.1. The van der Waals surface area contributed by atoms with Crippen molar-refractivity contribution in [2.45, 2.75) is 20.0 Å². The van der Waals surface area contributed by atoms with Gasteiger partial charge >= 0.3 is 6.18 Å². The molecule has 0 saturated carbocycles. The fourth-order valence-electron chi connectivity index (χ4n) is 1.94. The Balaban J connectivity index is 2.56. The molecule has 0 amide bonds. The van der Waals surface area contributed by atoms with Crippen LogP contribution in [0, 0.1) is 0 Å². The SMILES string of the molecule is CCN(CC)c1n[nH]c2ccc(C(F)(F)F)cc12. The minimum absolute atomic E-state index is 0.508. The number of rotatable bonds is 3. The Morgan fingerprint density at radius 1 is 1.22 bits per heavy atom. The van der Waals surface area contributed by atoms with Gasteiger partial charge in [0.15, 0.2) is 5.82 Å². The maximum absolute atomic E-state index is 12.7. The average molecular weight is 257 g/mol. The number of hydrogen-bond acceptors (Lipinski definition) is 2. The molecule has 0 fully saturated rings. The summed E-state index contributed by atoms with van der Waals surface area (Å²) in [5.41, 5.74) is -0.0327. The molecule has 2 rings (SSSR count). The van der Waals surface area contributed by atoms with Gasteiger partial charge in [0.05, 0.1) is 11.1 Å². The van der Waals surface area contributed by atoms with Gasteiger partial charge in [-0.1, -0.05) is 0 Å². The van der Waals surface area contributed by atoms with E-state index >= 15 is 0 Å². The summed E-state index contributed by atoms with van der Waals surface area (Å²) in [6.07, 6.45) is -4.33. The first kappa shape index (κ1) is 12.7. The lowest BCUT2D eigenvalue weighted by molar-refractivity contribution is -0.137. The van der Waals surface area contributed by atoms with Crippen molar-refractivity contribution >= 4 is 16.7 Å². The topological polar surface area (TPSA) is 31.9 Å². The Bertz CT molecular complexity index is 541. The van der Waals surface area contributed by atoms with Crippen LogP contribution in [0.3, 0.4) is 0 Å². The number of fused-ring (bicyclic) bond motifs is 1. The molecule has 0 atom stereocenters. The van der Waals surface area contributed by atoms with Crippen LogP contribution < -0.4 is 4.90 Å².